The summed E-state index contributed by atoms with van der Waals surface area (Å²) in [6.45, 7) is 28.5. The zero-order chi connectivity index (χ0) is 18.3. The van der Waals surface area contributed by atoms with Crippen molar-refractivity contribution in [2.24, 2.45) is 0 Å². The Hall–Kier alpha value is -0.806. The minimum absolute atomic E-state index is 0.319. The SMILES string of the molecule is C=Cc1ccc(N([Si](C)(C)C(C)(C)C)[Si](C)(C)C(C)(C)C)cc1. The van der Waals surface area contributed by atoms with Gasteiger partial charge in [-0.05, 0) is 27.8 Å². The predicted octanol–water partition coefficient (Wildman–Crippen LogP) is 7.15. The molecule has 0 amide bonds. The fourth-order valence-corrected chi connectivity index (χ4v) is 13.3. The number of rotatable bonds is 4. The van der Waals surface area contributed by atoms with Gasteiger partial charge >= 0.3 is 0 Å². The van der Waals surface area contributed by atoms with Crippen LogP contribution in [0.4, 0.5) is 5.69 Å². The van der Waals surface area contributed by atoms with E-state index in [1.807, 2.05) is 6.08 Å². The van der Waals surface area contributed by atoms with Crippen LogP contribution in [-0.4, -0.2) is 16.5 Å². The molecular formula is C20H37NSi2. The highest BCUT2D eigenvalue weighted by molar-refractivity contribution is 7.02. The molecule has 130 valence electrons. The van der Waals surface area contributed by atoms with Crippen molar-refractivity contribution in [2.75, 3.05) is 4.23 Å². The molecule has 0 bridgehead atoms. The Bertz CT molecular complexity index is 516. The largest absolute Gasteiger partial charge is 0.424 e. The number of benzene rings is 1. The van der Waals surface area contributed by atoms with E-state index in [2.05, 4.69) is 103 Å². The van der Waals surface area contributed by atoms with E-state index in [4.69, 9.17) is 0 Å². The first-order valence-electron chi connectivity index (χ1n) is 8.69. The second kappa shape index (κ2) is 6.25. The molecule has 23 heavy (non-hydrogen) atoms. The molecule has 1 aromatic carbocycles. The quantitative estimate of drug-likeness (QED) is 0.523. The molecule has 0 aliphatic rings. The molecule has 0 aromatic heterocycles. The van der Waals surface area contributed by atoms with E-state index >= 15 is 0 Å². The number of hydrogen-bond donors (Lipinski definition) is 0. The molecule has 0 fully saturated rings. The summed E-state index contributed by atoms with van der Waals surface area (Å²) in [5.41, 5.74) is 2.59. The second-order valence-electron chi connectivity index (χ2n) is 9.75. The third-order valence-corrected chi connectivity index (χ3v) is 19.6. The van der Waals surface area contributed by atoms with Crippen molar-refractivity contribution in [3.05, 3.63) is 36.4 Å². The summed E-state index contributed by atoms with van der Waals surface area (Å²) in [6, 6.07) is 9.02. The van der Waals surface area contributed by atoms with Crippen molar-refractivity contribution in [1.29, 1.82) is 0 Å². The van der Waals surface area contributed by atoms with Crippen molar-refractivity contribution in [3.63, 3.8) is 0 Å². The third-order valence-electron chi connectivity index (χ3n) is 6.18. The van der Waals surface area contributed by atoms with Crippen LogP contribution in [0.3, 0.4) is 0 Å². The van der Waals surface area contributed by atoms with Crippen LogP contribution in [-0.2, 0) is 0 Å². The van der Waals surface area contributed by atoms with Gasteiger partial charge < -0.3 is 4.23 Å². The number of anilines is 1. The Kier molecular flexibility index (Phi) is 5.50. The summed E-state index contributed by atoms with van der Waals surface area (Å²) >= 11 is 0. The Morgan fingerprint density at radius 2 is 1.13 bits per heavy atom. The summed E-state index contributed by atoms with van der Waals surface area (Å²) in [6.07, 6.45) is 1.92. The molecule has 0 aliphatic heterocycles. The summed E-state index contributed by atoms with van der Waals surface area (Å²) in [7, 11) is -3.36. The second-order valence-corrected chi connectivity index (χ2v) is 20.3. The molecule has 0 aliphatic carbocycles. The molecule has 1 rings (SSSR count). The van der Waals surface area contributed by atoms with Gasteiger partial charge in [0, 0.05) is 5.69 Å². The fourth-order valence-electron chi connectivity index (χ4n) is 2.77. The van der Waals surface area contributed by atoms with Crippen LogP contribution >= 0.6 is 0 Å². The minimum Gasteiger partial charge on any atom is -0.424 e. The lowest BCUT2D eigenvalue weighted by Crippen LogP contribution is -2.69. The van der Waals surface area contributed by atoms with Crippen molar-refractivity contribution in [1.82, 2.24) is 0 Å². The van der Waals surface area contributed by atoms with E-state index in [-0.39, 0.29) is 0 Å². The first kappa shape index (κ1) is 20.2. The summed E-state index contributed by atoms with van der Waals surface area (Å²) in [4.78, 5) is 0. The normalized spacial score (nSPS) is 13.8. The van der Waals surface area contributed by atoms with Crippen molar-refractivity contribution in [2.45, 2.75) is 77.8 Å². The van der Waals surface area contributed by atoms with Crippen molar-refractivity contribution < 1.29 is 0 Å². The fraction of sp³-hybridized carbons (Fsp3) is 0.600. The monoisotopic (exact) mass is 347 g/mol. The standard InChI is InChI=1S/C20H37NSi2/c1-12-17-13-15-18(16-14-17)21(22(8,9)19(2,3)4)23(10,11)20(5,6)7/h12-16H,1H2,2-11H3. The van der Waals surface area contributed by atoms with Gasteiger partial charge in [0.1, 0.15) is 16.5 Å². The first-order valence-corrected chi connectivity index (χ1v) is 14.6. The molecule has 0 radical (unpaired) electrons. The highest BCUT2D eigenvalue weighted by Crippen LogP contribution is 2.48. The Morgan fingerprint density at radius 3 is 1.39 bits per heavy atom. The lowest BCUT2D eigenvalue weighted by Gasteiger charge is -2.58. The zero-order valence-electron chi connectivity index (χ0n) is 17.0. The molecule has 0 N–H and O–H groups in total. The van der Waals surface area contributed by atoms with E-state index in [0.29, 0.717) is 10.1 Å². The van der Waals surface area contributed by atoms with Crippen LogP contribution in [0.15, 0.2) is 30.8 Å². The van der Waals surface area contributed by atoms with Crippen LogP contribution in [0.1, 0.15) is 47.1 Å². The summed E-state index contributed by atoms with van der Waals surface area (Å²) < 4.78 is 2.90. The van der Waals surface area contributed by atoms with Crippen LogP contribution in [0.25, 0.3) is 6.08 Å². The Balaban J connectivity index is 3.58. The predicted molar refractivity (Wildman–Crippen MR) is 113 cm³/mol. The summed E-state index contributed by atoms with van der Waals surface area (Å²) in [5, 5.41) is 0.638. The zero-order valence-corrected chi connectivity index (χ0v) is 19.0. The van der Waals surface area contributed by atoms with E-state index in [9.17, 15) is 0 Å². The van der Waals surface area contributed by atoms with E-state index in [1.54, 1.807) is 0 Å². The Labute approximate surface area is 147 Å². The molecule has 1 aromatic rings. The van der Waals surface area contributed by atoms with Gasteiger partial charge in [0.2, 0.25) is 0 Å². The molecule has 0 spiro atoms. The van der Waals surface area contributed by atoms with E-state index in [1.165, 1.54) is 11.3 Å². The number of hydrogen-bond acceptors (Lipinski definition) is 1. The molecule has 0 heterocycles. The smallest absolute Gasteiger partial charge is 0.147 e. The van der Waals surface area contributed by atoms with Gasteiger partial charge in [-0.3, -0.25) is 0 Å². The van der Waals surface area contributed by atoms with Crippen molar-refractivity contribution >= 4 is 28.2 Å². The molecule has 0 atom stereocenters. The van der Waals surface area contributed by atoms with Crippen LogP contribution in [0.5, 0.6) is 0 Å². The first-order chi connectivity index (χ1) is 10.2. The van der Waals surface area contributed by atoms with Crippen LogP contribution < -0.4 is 4.23 Å². The lowest BCUT2D eigenvalue weighted by atomic mass is 10.2. The van der Waals surface area contributed by atoms with E-state index in [0.717, 1.165) is 0 Å². The van der Waals surface area contributed by atoms with Gasteiger partial charge in [0.05, 0.1) is 0 Å². The highest BCUT2D eigenvalue weighted by atomic mass is 28.4. The van der Waals surface area contributed by atoms with Gasteiger partial charge in [-0.1, -0.05) is 92.5 Å². The average molecular weight is 348 g/mol. The minimum atomic E-state index is -1.68. The van der Waals surface area contributed by atoms with Crippen molar-refractivity contribution in [3.8, 4) is 0 Å². The average Bonchev–Trinajstić information content (AvgIpc) is 2.36. The molecule has 1 nitrogen and oxygen atoms in total. The van der Waals surface area contributed by atoms with Gasteiger partial charge in [-0.25, -0.2) is 0 Å². The Morgan fingerprint density at radius 1 is 0.783 bits per heavy atom. The van der Waals surface area contributed by atoms with Crippen LogP contribution in [0, 0.1) is 0 Å². The van der Waals surface area contributed by atoms with Gasteiger partial charge in [0.15, 0.2) is 0 Å². The van der Waals surface area contributed by atoms with Gasteiger partial charge in [-0.2, -0.15) is 0 Å². The van der Waals surface area contributed by atoms with Crippen LogP contribution in [0.2, 0.25) is 36.3 Å². The maximum absolute atomic E-state index is 3.89. The maximum atomic E-state index is 3.89. The topological polar surface area (TPSA) is 3.24 Å². The van der Waals surface area contributed by atoms with E-state index < -0.39 is 16.5 Å². The molecule has 3 heteroatoms. The maximum Gasteiger partial charge on any atom is 0.147 e. The molecule has 0 unspecified atom stereocenters. The highest BCUT2D eigenvalue weighted by Gasteiger charge is 2.51. The molecular weight excluding hydrogens is 310 g/mol. The van der Waals surface area contributed by atoms with Gasteiger partial charge in [-0.15, -0.1) is 0 Å². The molecule has 0 saturated carbocycles. The van der Waals surface area contributed by atoms with Gasteiger partial charge in [0.25, 0.3) is 0 Å². The lowest BCUT2D eigenvalue weighted by molar-refractivity contribution is 0.695. The third kappa shape index (κ3) is 3.82. The summed E-state index contributed by atoms with van der Waals surface area (Å²) in [5.74, 6) is 0. The number of nitrogens with zero attached hydrogens (tertiary/aromatic N) is 1. The molecule has 0 saturated heterocycles.